The van der Waals surface area contributed by atoms with Crippen LogP contribution in [0, 0.1) is 0 Å². The van der Waals surface area contributed by atoms with E-state index in [1.54, 1.807) is 36.5 Å². The van der Waals surface area contributed by atoms with Crippen LogP contribution in [0.25, 0.3) is 0 Å². The lowest BCUT2D eigenvalue weighted by molar-refractivity contribution is -0.123. The average molecular weight is 427 g/mol. The average Bonchev–Trinajstić information content (AvgIpc) is 2.69. The molecule has 0 bridgehead atoms. The van der Waals surface area contributed by atoms with Crippen molar-refractivity contribution in [2.45, 2.75) is 13.0 Å². The van der Waals surface area contributed by atoms with Crippen LogP contribution in [0.15, 0.2) is 77.4 Å². The standard InChI is InChI=1S/C21H19BrN2O3/c1-15(16-5-7-17(22)8-6-16)24-20(25)14-26-18-9-11-19(12-10-18)27-21-4-2-3-13-23-21/h2-13,15H,14H2,1H3,(H,24,25). The van der Waals surface area contributed by atoms with Crippen molar-refractivity contribution >= 4 is 21.8 Å². The second-order valence-electron chi connectivity index (χ2n) is 5.87. The van der Waals surface area contributed by atoms with E-state index in [2.05, 4.69) is 26.2 Å². The fourth-order valence-electron chi connectivity index (χ4n) is 2.40. The first-order valence-corrected chi connectivity index (χ1v) is 9.26. The molecule has 138 valence electrons. The molecule has 2 aromatic carbocycles. The Hall–Kier alpha value is -2.86. The second-order valence-corrected chi connectivity index (χ2v) is 6.79. The van der Waals surface area contributed by atoms with E-state index in [4.69, 9.17) is 9.47 Å². The van der Waals surface area contributed by atoms with Crippen molar-refractivity contribution in [3.8, 4) is 17.4 Å². The minimum atomic E-state index is -0.181. The van der Waals surface area contributed by atoms with Crippen LogP contribution < -0.4 is 14.8 Å². The molecule has 1 aromatic heterocycles. The second kappa shape index (κ2) is 9.19. The summed E-state index contributed by atoms with van der Waals surface area (Å²) in [4.78, 5) is 16.2. The Morgan fingerprint density at radius 3 is 2.41 bits per heavy atom. The molecule has 3 rings (SSSR count). The maximum absolute atomic E-state index is 12.1. The highest BCUT2D eigenvalue weighted by molar-refractivity contribution is 9.10. The normalized spacial score (nSPS) is 11.5. The Morgan fingerprint density at radius 2 is 1.74 bits per heavy atom. The largest absolute Gasteiger partial charge is 0.484 e. The molecule has 0 aliphatic heterocycles. The molecule has 27 heavy (non-hydrogen) atoms. The SMILES string of the molecule is CC(NC(=O)COc1ccc(Oc2ccccn2)cc1)c1ccc(Br)cc1. The fraction of sp³-hybridized carbons (Fsp3) is 0.143. The molecule has 0 spiro atoms. The van der Waals surface area contributed by atoms with Crippen LogP contribution in [0.3, 0.4) is 0 Å². The summed E-state index contributed by atoms with van der Waals surface area (Å²) in [6.07, 6.45) is 1.67. The van der Waals surface area contributed by atoms with Crippen molar-refractivity contribution < 1.29 is 14.3 Å². The van der Waals surface area contributed by atoms with Gasteiger partial charge in [0.15, 0.2) is 6.61 Å². The quantitative estimate of drug-likeness (QED) is 0.583. The van der Waals surface area contributed by atoms with Gasteiger partial charge in [-0.25, -0.2) is 4.98 Å². The van der Waals surface area contributed by atoms with E-state index >= 15 is 0 Å². The molecule has 1 heterocycles. The van der Waals surface area contributed by atoms with Crippen LogP contribution in [0.2, 0.25) is 0 Å². The van der Waals surface area contributed by atoms with Crippen LogP contribution in [-0.2, 0) is 4.79 Å². The summed E-state index contributed by atoms with van der Waals surface area (Å²) in [5.74, 6) is 1.58. The summed E-state index contributed by atoms with van der Waals surface area (Å²) in [5.41, 5.74) is 1.03. The Balaban J connectivity index is 1.47. The van der Waals surface area contributed by atoms with Crippen LogP contribution in [0.5, 0.6) is 17.4 Å². The number of nitrogens with one attached hydrogen (secondary N) is 1. The van der Waals surface area contributed by atoms with Crippen LogP contribution in [0.1, 0.15) is 18.5 Å². The van der Waals surface area contributed by atoms with Crippen LogP contribution in [0.4, 0.5) is 0 Å². The number of carbonyl (C=O) groups is 1. The van der Waals surface area contributed by atoms with Crippen molar-refractivity contribution in [1.29, 1.82) is 0 Å². The number of benzene rings is 2. The first-order chi connectivity index (χ1) is 13.1. The minimum Gasteiger partial charge on any atom is -0.484 e. The Labute approximate surface area is 166 Å². The Morgan fingerprint density at radius 1 is 1.04 bits per heavy atom. The number of halogens is 1. The van der Waals surface area contributed by atoms with E-state index in [1.807, 2.05) is 43.3 Å². The van der Waals surface area contributed by atoms with Gasteiger partial charge in [0.1, 0.15) is 11.5 Å². The van der Waals surface area contributed by atoms with Crippen molar-refractivity contribution in [1.82, 2.24) is 10.3 Å². The van der Waals surface area contributed by atoms with Gasteiger partial charge in [-0.1, -0.05) is 34.1 Å². The van der Waals surface area contributed by atoms with Gasteiger partial charge in [-0.15, -0.1) is 0 Å². The summed E-state index contributed by atoms with van der Waals surface area (Å²) in [6.45, 7) is 1.88. The molecule has 0 saturated carbocycles. The van der Waals surface area contributed by atoms with Crippen molar-refractivity contribution in [2.75, 3.05) is 6.61 Å². The summed E-state index contributed by atoms with van der Waals surface area (Å²) in [7, 11) is 0. The zero-order valence-corrected chi connectivity index (χ0v) is 16.3. The van der Waals surface area contributed by atoms with Gasteiger partial charge < -0.3 is 14.8 Å². The zero-order valence-electron chi connectivity index (χ0n) is 14.8. The van der Waals surface area contributed by atoms with E-state index in [0.29, 0.717) is 17.4 Å². The van der Waals surface area contributed by atoms with Gasteiger partial charge in [0.2, 0.25) is 5.88 Å². The van der Waals surface area contributed by atoms with E-state index < -0.39 is 0 Å². The number of nitrogens with zero attached hydrogens (tertiary/aromatic N) is 1. The predicted molar refractivity (Wildman–Crippen MR) is 107 cm³/mol. The Bertz CT molecular complexity index is 868. The lowest BCUT2D eigenvalue weighted by Gasteiger charge is -2.15. The zero-order chi connectivity index (χ0) is 19.1. The molecule has 0 saturated heterocycles. The number of carbonyl (C=O) groups excluding carboxylic acids is 1. The highest BCUT2D eigenvalue weighted by Gasteiger charge is 2.10. The molecule has 1 amide bonds. The van der Waals surface area contributed by atoms with Gasteiger partial charge in [0.05, 0.1) is 6.04 Å². The van der Waals surface area contributed by atoms with Crippen LogP contribution >= 0.6 is 15.9 Å². The van der Waals surface area contributed by atoms with Crippen molar-refractivity contribution in [3.05, 3.63) is 83.0 Å². The van der Waals surface area contributed by atoms with Crippen molar-refractivity contribution in [3.63, 3.8) is 0 Å². The van der Waals surface area contributed by atoms with Crippen LogP contribution in [-0.4, -0.2) is 17.5 Å². The molecule has 3 aromatic rings. The maximum Gasteiger partial charge on any atom is 0.258 e. The van der Waals surface area contributed by atoms with E-state index in [0.717, 1.165) is 10.0 Å². The molecule has 0 aliphatic rings. The summed E-state index contributed by atoms with van der Waals surface area (Å²) >= 11 is 3.40. The highest BCUT2D eigenvalue weighted by atomic mass is 79.9. The summed E-state index contributed by atoms with van der Waals surface area (Å²) in [6, 6.07) is 20.2. The molecule has 0 radical (unpaired) electrons. The monoisotopic (exact) mass is 426 g/mol. The molecule has 5 nitrogen and oxygen atoms in total. The Kier molecular flexibility index (Phi) is 6.44. The third-order valence-corrected chi connectivity index (χ3v) is 4.33. The number of hydrogen-bond acceptors (Lipinski definition) is 4. The molecule has 0 fully saturated rings. The minimum absolute atomic E-state index is 0.0543. The third-order valence-electron chi connectivity index (χ3n) is 3.80. The summed E-state index contributed by atoms with van der Waals surface area (Å²) in [5, 5.41) is 2.92. The predicted octanol–water partition coefficient (Wildman–Crippen LogP) is 4.89. The van der Waals surface area contributed by atoms with Gasteiger partial charge >= 0.3 is 0 Å². The number of aromatic nitrogens is 1. The number of pyridine rings is 1. The van der Waals surface area contributed by atoms with E-state index in [-0.39, 0.29) is 18.6 Å². The number of ether oxygens (including phenoxy) is 2. The van der Waals surface area contributed by atoms with Crippen molar-refractivity contribution in [2.24, 2.45) is 0 Å². The smallest absolute Gasteiger partial charge is 0.258 e. The molecule has 0 aliphatic carbocycles. The topological polar surface area (TPSA) is 60.5 Å². The molecule has 6 heteroatoms. The maximum atomic E-state index is 12.1. The van der Waals surface area contributed by atoms with Gasteiger partial charge in [-0.05, 0) is 55.0 Å². The molecule has 1 atom stereocenters. The lowest BCUT2D eigenvalue weighted by Crippen LogP contribution is -2.31. The van der Waals surface area contributed by atoms with Gasteiger partial charge in [0, 0.05) is 16.7 Å². The third kappa shape index (κ3) is 5.82. The number of rotatable bonds is 7. The van der Waals surface area contributed by atoms with Gasteiger partial charge in [-0.3, -0.25) is 4.79 Å². The number of hydrogen-bond donors (Lipinski definition) is 1. The van der Waals surface area contributed by atoms with Gasteiger partial charge in [-0.2, -0.15) is 0 Å². The summed E-state index contributed by atoms with van der Waals surface area (Å²) < 4.78 is 12.2. The first-order valence-electron chi connectivity index (χ1n) is 8.47. The molecular formula is C21H19BrN2O3. The molecule has 1 N–H and O–H groups in total. The van der Waals surface area contributed by atoms with Gasteiger partial charge in [0.25, 0.3) is 5.91 Å². The van der Waals surface area contributed by atoms with E-state index in [1.165, 1.54) is 0 Å². The number of amides is 1. The fourth-order valence-corrected chi connectivity index (χ4v) is 2.66. The van der Waals surface area contributed by atoms with E-state index in [9.17, 15) is 4.79 Å². The molecule has 1 unspecified atom stereocenters. The lowest BCUT2D eigenvalue weighted by atomic mass is 10.1. The highest BCUT2D eigenvalue weighted by Crippen LogP contribution is 2.22. The first kappa shape index (κ1) is 18.9. The molecular weight excluding hydrogens is 408 g/mol.